The molecule has 0 aliphatic heterocycles. The van der Waals surface area contributed by atoms with Crippen LogP contribution in [0, 0.1) is 6.92 Å². The van der Waals surface area contributed by atoms with Crippen molar-refractivity contribution in [1.29, 1.82) is 0 Å². The van der Waals surface area contributed by atoms with E-state index < -0.39 is 0 Å². The number of hydrogen-bond acceptors (Lipinski definition) is 1. The molecule has 0 spiro atoms. The molecule has 0 bridgehead atoms. The molecule has 0 aliphatic carbocycles. The van der Waals surface area contributed by atoms with E-state index >= 15 is 0 Å². The normalized spacial score (nSPS) is 10.9. The highest BCUT2D eigenvalue weighted by Gasteiger charge is 1.90. The Kier molecular flexibility index (Phi) is 3.52. The molecule has 0 saturated carbocycles. The van der Waals surface area contributed by atoms with Crippen molar-refractivity contribution in [3.63, 3.8) is 0 Å². The Morgan fingerprint density at radius 3 is 2.50 bits per heavy atom. The smallest absolute Gasteiger partial charge is 0.0641 e. The molecule has 0 heterocycles. The number of aryl methyl sites for hydroxylation is 1. The minimum atomic E-state index is 0.954. The van der Waals surface area contributed by atoms with E-state index in [1.54, 1.807) is 0 Å². The minimum absolute atomic E-state index is 0.954. The van der Waals surface area contributed by atoms with Crippen LogP contribution in [0.25, 0.3) is 0 Å². The first-order chi connectivity index (χ1) is 7.74. The van der Waals surface area contributed by atoms with E-state index in [0.717, 1.165) is 15.7 Å². The van der Waals surface area contributed by atoms with Gasteiger partial charge in [-0.25, -0.2) is 0 Å². The monoisotopic (exact) mass is 273 g/mol. The van der Waals surface area contributed by atoms with Gasteiger partial charge in [-0.2, -0.15) is 0 Å². The predicted molar refractivity (Wildman–Crippen MR) is 72.6 cm³/mol. The molecule has 2 heteroatoms. The van der Waals surface area contributed by atoms with Crippen LogP contribution in [-0.4, -0.2) is 6.21 Å². The van der Waals surface area contributed by atoms with Gasteiger partial charge in [0.2, 0.25) is 0 Å². The van der Waals surface area contributed by atoms with Gasteiger partial charge < -0.3 is 0 Å². The molecule has 2 aromatic rings. The number of nitrogens with zero attached hydrogens (tertiary/aromatic N) is 1. The molecule has 16 heavy (non-hydrogen) atoms. The third-order valence-electron chi connectivity index (χ3n) is 2.25. The number of rotatable bonds is 2. The minimum Gasteiger partial charge on any atom is -0.256 e. The van der Waals surface area contributed by atoms with Gasteiger partial charge in [-0.3, -0.25) is 4.99 Å². The second kappa shape index (κ2) is 5.08. The van der Waals surface area contributed by atoms with Crippen molar-refractivity contribution >= 4 is 27.8 Å². The maximum Gasteiger partial charge on any atom is 0.0641 e. The third kappa shape index (κ3) is 3.04. The van der Waals surface area contributed by atoms with Crippen molar-refractivity contribution in [2.75, 3.05) is 0 Å². The molecule has 1 nitrogen and oxygen atoms in total. The number of benzene rings is 2. The first-order valence-corrected chi connectivity index (χ1v) is 5.90. The summed E-state index contributed by atoms with van der Waals surface area (Å²) in [6, 6.07) is 16.2. The van der Waals surface area contributed by atoms with Crippen LogP contribution in [-0.2, 0) is 0 Å². The molecule has 0 radical (unpaired) electrons. The quantitative estimate of drug-likeness (QED) is 0.714. The summed E-state index contributed by atoms with van der Waals surface area (Å²) in [5, 5.41) is 0. The topological polar surface area (TPSA) is 12.4 Å². The van der Waals surface area contributed by atoms with Gasteiger partial charge in [-0.05, 0) is 30.7 Å². The average molecular weight is 274 g/mol. The van der Waals surface area contributed by atoms with Crippen LogP contribution in [0.4, 0.5) is 5.69 Å². The fourth-order valence-corrected chi connectivity index (χ4v) is 1.75. The Morgan fingerprint density at radius 1 is 1.06 bits per heavy atom. The highest BCUT2D eigenvalue weighted by Crippen LogP contribution is 2.18. The fraction of sp³-hybridized carbons (Fsp3) is 0.0714. The van der Waals surface area contributed by atoms with Crippen LogP contribution >= 0.6 is 15.9 Å². The average Bonchev–Trinajstić information content (AvgIpc) is 2.28. The van der Waals surface area contributed by atoms with E-state index in [0.29, 0.717) is 0 Å². The zero-order chi connectivity index (χ0) is 11.4. The van der Waals surface area contributed by atoms with E-state index in [-0.39, 0.29) is 0 Å². The SMILES string of the molecule is Cc1ccc(C=Nc2cccc(Br)c2)cc1. The van der Waals surface area contributed by atoms with E-state index in [4.69, 9.17) is 0 Å². The van der Waals surface area contributed by atoms with Crippen molar-refractivity contribution in [3.8, 4) is 0 Å². The molecular formula is C14H12BrN. The summed E-state index contributed by atoms with van der Waals surface area (Å²) in [5.74, 6) is 0. The Balaban J connectivity index is 2.18. The molecule has 80 valence electrons. The Bertz CT molecular complexity index is 500. The summed E-state index contributed by atoms with van der Waals surface area (Å²) in [7, 11) is 0. The van der Waals surface area contributed by atoms with Crippen molar-refractivity contribution < 1.29 is 0 Å². The number of halogens is 1. The molecule has 0 N–H and O–H groups in total. The molecule has 0 saturated heterocycles. The lowest BCUT2D eigenvalue weighted by atomic mass is 10.2. The fourth-order valence-electron chi connectivity index (χ4n) is 1.36. The summed E-state index contributed by atoms with van der Waals surface area (Å²) >= 11 is 3.42. The van der Waals surface area contributed by atoms with E-state index in [9.17, 15) is 0 Å². The van der Waals surface area contributed by atoms with Gasteiger partial charge in [-0.15, -0.1) is 0 Å². The summed E-state index contributed by atoms with van der Waals surface area (Å²) in [6.07, 6.45) is 1.88. The van der Waals surface area contributed by atoms with Crippen LogP contribution in [0.3, 0.4) is 0 Å². The van der Waals surface area contributed by atoms with Gasteiger partial charge in [0.25, 0.3) is 0 Å². The molecule has 0 amide bonds. The molecule has 0 atom stereocenters. The first kappa shape index (κ1) is 11.1. The molecule has 0 aliphatic rings. The predicted octanol–water partition coefficient (Wildman–Crippen LogP) is 4.51. The number of hydrogen-bond donors (Lipinski definition) is 0. The van der Waals surface area contributed by atoms with Crippen LogP contribution in [0.5, 0.6) is 0 Å². The van der Waals surface area contributed by atoms with Crippen molar-refractivity contribution in [1.82, 2.24) is 0 Å². The van der Waals surface area contributed by atoms with Gasteiger partial charge >= 0.3 is 0 Å². The summed E-state index contributed by atoms with van der Waals surface area (Å²) in [4.78, 5) is 4.41. The highest BCUT2D eigenvalue weighted by molar-refractivity contribution is 9.10. The van der Waals surface area contributed by atoms with Crippen molar-refractivity contribution in [2.24, 2.45) is 4.99 Å². The highest BCUT2D eigenvalue weighted by atomic mass is 79.9. The van der Waals surface area contributed by atoms with Gasteiger partial charge in [0.05, 0.1) is 5.69 Å². The molecular weight excluding hydrogens is 262 g/mol. The molecule has 0 aromatic heterocycles. The molecule has 0 unspecified atom stereocenters. The first-order valence-electron chi connectivity index (χ1n) is 5.10. The zero-order valence-electron chi connectivity index (χ0n) is 9.02. The third-order valence-corrected chi connectivity index (χ3v) is 2.74. The summed E-state index contributed by atoms with van der Waals surface area (Å²) in [6.45, 7) is 2.08. The van der Waals surface area contributed by atoms with Crippen LogP contribution in [0.15, 0.2) is 58.0 Å². The van der Waals surface area contributed by atoms with E-state index in [1.165, 1.54) is 5.56 Å². The summed E-state index contributed by atoms with van der Waals surface area (Å²) < 4.78 is 1.05. The zero-order valence-corrected chi connectivity index (χ0v) is 10.6. The van der Waals surface area contributed by atoms with Crippen molar-refractivity contribution in [2.45, 2.75) is 6.92 Å². The van der Waals surface area contributed by atoms with Crippen molar-refractivity contribution in [3.05, 3.63) is 64.1 Å². The van der Waals surface area contributed by atoms with Gasteiger partial charge in [0.15, 0.2) is 0 Å². The van der Waals surface area contributed by atoms with E-state index in [2.05, 4.69) is 52.1 Å². The van der Waals surface area contributed by atoms with Gasteiger partial charge in [0.1, 0.15) is 0 Å². The lowest BCUT2D eigenvalue weighted by Gasteiger charge is -1.96. The Hall–Kier alpha value is -1.41. The maximum atomic E-state index is 4.41. The lowest BCUT2D eigenvalue weighted by Crippen LogP contribution is -1.80. The molecule has 2 rings (SSSR count). The van der Waals surface area contributed by atoms with Crippen LogP contribution in [0.2, 0.25) is 0 Å². The molecule has 0 fully saturated rings. The largest absolute Gasteiger partial charge is 0.256 e. The lowest BCUT2D eigenvalue weighted by molar-refractivity contribution is 1.46. The van der Waals surface area contributed by atoms with E-state index in [1.807, 2.05) is 30.5 Å². The summed E-state index contributed by atoms with van der Waals surface area (Å²) in [5.41, 5.74) is 3.33. The van der Waals surface area contributed by atoms with Crippen LogP contribution in [0.1, 0.15) is 11.1 Å². The standard InChI is InChI=1S/C14H12BrN/c1-11-5-7-12(8-6-11)10-16-14-4-2-3-13(15)9-14/h2-10H,1H3. The Morgan fingerprint density at radius 2 is 1.81 bits per heavy atom. The number of aliphatic imine (C=N–C) groups is 1. The van der Waals surface area contributed by atoms with Gasteiger partial charge in [0, 0.05) is 10.7 Å². The second-order valence-corrected chi connectivity index (χ2v) is 4.56. The second-order valence-electron chi connectivity index (χ2n) is 3.65. The Labute approximate surface area is 104 Å². The van der Waals surface area contributed by atoms with Crippen LogP contribution < -0.4 is 0 Å². The molecule has 2 aromatic carbocycles. The van der Waals surface area contributed by atoms with Gasteiger partial charge in [-0.1, -0.05) is 51.8 Å². The maximum absolute atomic E-state index is 4.41.